The third-order valence-electron chi connectivity index (χ3n) is 3.16. The van der Waals surface area contributed by atoms with E-state index in [2.05, 4.69) is 17.1 Å². The largest absolute Gasteiger partial charge is 0.481 e. The first kappa shape index (κ1) is 17.0. The van der Waals surface area contributed by atoms with Crippen molar-refractivity contribution in [2.24, 2.45) is 0 Å². The zero-order chi connectivity index (χ0) is 14.6. The molecule has 114 valence electrons. The van der Waals surface area contributed by atoms with E-state index < -0.39 is 5.97 Å². The summed E-state index contributed by atoms with van der Waals surface area (Å²) in [5.74, 6) is -0.785. The standard InChI is InChI=1S/C14H25N3O2S/c1-2-3-4-5-6-7-8-9-10-17-12-15-16-14(17)20-11-13(18)19/h12H,2-11H2,1H3,(H,18,19). The zero-order valence-corrected chi connectivity index (χ0v) is 13.1. The summed E-state index contributed by atoms with van der Waals surface area (Å²) in [4.78, 5) is 10.5. The second kappa shape index (κ2) is 10.7. The first-order valence-electron chi connectivity index (χ1n) is 7.46. The van der Waals surface area contributed by atoms with E-state index in [0.717, 1.165) is 13.0 Å². The molecule has 20 heavy (non-hydrogen) atoms. The lowest BCUT2D eigenvalue weighted by Gasteiger charge is -2.05. The van der Waals surface area contributed by atoms with Gasteiger partial charge < -0.3 is 9.67 Å². The highest BCUT2D eigenvalue weighted by atomic mass is 32.2. The molecule has 6 heteroatoms. The van der Waals surface area contributed by atoms with Gasteiger partial charge in [0.25, 0.3) is 0 Å². The predicted molar refractivity (Wildman–Crippen MR) is 81.0 cm³/mol. The van der Waals surface area contributed by atoms with Gasteiger partial charge >= 0.3 is 5.97 Å². The topological polar surface area (TPSA) is 68.0 Å². The van der Waals surface area contributed by atoms with E-state index in [1.165, 1.54) is 56.7 Å². The van der Waals surface area contributed by atoms with Gasteiger partial charge in [0.2, 0.25) is 0 Å². The average molecular weight is 299 g/mol. The molecule has 0 bridgehead atoms. The fourth-order valence-corrected chi connectivity index (χ4v) is 2.71. The molecule has 0 aliphatic carbocycles. The number of nitrogens with zero attached hydrogens (tertiary/aromatic N) is 3. The molecule has 0 aliphatic heterocycles. The Hall–Kier alpha value is -1.04. The minimum atomic E-state index is -0.823. The molecule has 1 heterocycles. The summed E-state index contributed by atoms with van der Waals surface area (Å²) in [6.07, 6.45) is 12.0. The highest BCUT2D eigenvalue weighted by molar-refractivity contribution is 7.99. The molecule has 1 rings (SSSR count). The van der Waals surface area contributed by atoms with E-state index >= 15 is 0 Å². The molecule has 1 aromatic heterocycles. The van der Waals surface area contributed by atoms with Crippen molar-refractivity contribution in [3.8, 4) is 0 Å². The quantitative estimate of drug-likeness (QED) is 0.472. The van der Waals surface area contributed by atoms with Crippen LogP contribution in [-0.2, 0) is 11.3 Å². The Labute approximate surface area is 125 Å². The molecule has 0 aromatic carbocycles. The minimum absolute atomic E-state index is 0.0378. The third-order valence-corrected chi connectivity index (χ3v) is 4.12. The Bertz CT molecular complexity index is 382. The lowest BCUT2D eigenvalue weighted by atomic mass is 10.1. The van der Waals surface area contributed by atoms with Crippen LogP contribution in [0.3, 0.4) is 0 Å². The second-order valence-corrected chi connectivity index (χ2v) is 5.91. The molecule has 5 nitrogen and oxygen atoms in total. The third kappa shape index (κ3) is 7.53. The van der Waals surface area contributed by atoms with Gasteiger partial charge in [-0.3, -0.25) is 4.79 Å². The molecule has 0 fully saturated rings. The number of rotatable bonds is 12. The molecule has 1 aromatic rings. The molecule has 0 amide bonds. The highest BCUT2D eigenvalue weighted by Crippen LogP contribution is 2.15. The number of aromatic nitrogens is 3. The maximum absolute atomic E-state index is 10.5. The Kier molecular flexibility index (Phi) is 9.11. The Morgan fingerprint density at radius 3 is 2.50 bits per heavy atom. The highest BCUT2D eigenvalue weighted by Gasteiger charge is 2.07. The number of aryl methyl sites for hydroxylation is 1. The Balaban J connectivity index is 2.09. The monoisotopic (exact) mass is 299 g/mol. The van der Waals surface area contributed by atoms with Crippen LogP contribution in [-0.4, -0.2) is 31.6 Å². The first-order valence-corrected chi connectivity index (χ1v) is 8.45. The summed E-state index contributed by atoms with van der Waals surface area (Å²) in [5, 5.41) is 17.2. The van der Waals surface area contributed by atoms with Gasteiger partial charge in [0.15, 0.2) is 5.16 Å². The fourth-order valence-electron chi connectivity index (χ4n) is 2.05. The van der Waals surface area contributed by atoms with Crippen molar-refractivity contribution in [3.63, 3.8) is 0 Å². The zero-order valence-electron chi connectivity index (χ0n) is 12.3. The van der Waals surface area contributed by atoms with Crippen LogP contribution in [0.25, 0.3) is 0 Å². The van der Waals surface area contributed by atoms with Crippen LogP contribution >= 0.6 is 11.8 Å². The maximum Gasteiger partial charge on any atom is 0.313 e. The molecule has 0 saturated heterocycles. The van der Waals surface area contributed by atoms with Crippen molar-refractivity contribution < 1.29 is 9.90 Å². The van der Waals surface area contributed by atoms with Gasteiger partial charge in [-0.25, -0.2) is 0 Å². The number of carboxylic acid groups (broad SMARTS) is 1. The Morgan fingerprint density at radius 2 is 1.85 bits per heavy atom. The predicted octanol–water partition coefficient (Wildman–Crippen LogP) is 3.60. The van der Waals surface area contributed by atoms with Crippen LogP contribution in [0.1, 0.15) is 58.3 Å². The number of unbranched alkanes of at least 4 members (excludes halogenated alkanes) is 7. The average Bonchev–Trinajstić information content (AvgIpc) is 2.87. The first-order chi connectivity index (χ1) is 9.74. The van der Waals surface area contributed by atoms with Gasteiger partial charge in [-0.2, -0.15) is 0 Å². The SMILES string of the molecule is CCCCCCCCCCn1cnnc1SCC(=O)O. The summed E-state index contributed by atoms with van der Waals surface area (Å²) in [7, 11) is 0. The summed E-state index contributed by atoms with van der Waals surface area (Å²) in [6, 6.07) is 0. The maximum atomic E-state index is 10.5. The van der Waals surface area contributed by atoms with Gasteiger partial charge in [-0.15, -0.1) is 10.2 Å². The van der Waals surface area contributed by atoms with E-state index in [1.807, 2.05) is 4.57 Å². The van der Waals surface area contributed by atoms with Crippen molar-refractivity contribution in [1.29, 1.82) is 0 Å². The van der Waals surface area contributed by atoms with Gasteiger partial charge in [-0.05, 0) is 6.42 Å². The van der Waals surface area contributed by atoms with E-state index in [-0.39, 0.29) is 5.75 Å². The van der Waals surface area contributed by atoms with Crippen molar-refractivity contribution in [2.75, 3.05) is 5.75 Å². The van der Waals surface area contributed by atoms with E-state index in [4.69, 9.17) is 5.11 Å². The van der Waals surface area contributed by atoms with Gasteiger partial charge in [0.1, 0.15) is 6.33 Å². The van der Waals surface area contributed by atoms with Crippen molar-refractivity contribution >= 4 is 17.7 Å². The number of aliphatic carboxylic acids is 1. The lowest BCUT2D eigenvalue weighted by Crippen LogP contribution is -2.03. The number of hydrogen-bond acceptors (Lipinski definition) is 4. The van der Waals surface area contributed by atoms with E-state index in [9.17, 15) is 4.79 Å². The smallest absolute Gasteiger partial charge is 0.313 e. The van der Waals surface area contributed by atoms with Crippen molar-refractivity contribution in [2.45, 2.75) is 70.0 Å². The number of thioether (sulfide) groups is 1. The van der Waals surface area contributed by atoms with Crippen LogP contribution in [0.5, 0.6) is 0 Å². The molecule has 0 atom stereocenters. The van der Waals surface area contributed by atoms with Crippen LogP contribution in [0.15, 0.2) is 11.5 Å². The van der Waals surface area contributed by atoms with Gasteiger partial charge in [0, 0.05) is 6.54 Å². The van der Waals surface area contributed by atoms with Crippen molar-refractivity contribution in [3.05, 3.63) is 6.33 Å². The Morgan fingerprint density at radius 1 is 1.20 bits per heavy atom. The van der Waals surface area contributed by atoms with Crippen LogP contribution in [0.4, 0.5) is 0 Å². The molecular formula is C14H25N3O2S. The normalized spacial score (nSPS) is 10.8. The summed E-state index contributed by atoms with van der Waals surface area (Å²) in [6.45, 7) is 3.11. The van der Waals surface area contributed by atoms with Crippen LogP contribution < -0.4 is 0 Å². The molecule has 0 radical (unpaired) electrons. The van der Waals surface area contributed by atoms with Gasteiger partial charge in [0.05, 0.1) is 5.75 Å². The van der Waals surface area contributed by atoms with Gasteiger partial charge in [-0.1, -0.05) is 63.6 Å². The molecule has 0 saturated carbocycles. The second-order valence-electron chi connectivity index (χ2n) is 4.96. The summed E-state index contributed by atoms with van der Waals surface area (Å²) in [5.41, 5.74) is 0. The minimum Gasteiger partial charge on any atom is -0.481 e. The fraction of sp³-hybridized carbons (Fsp3) is 0.786. The number of hydrogen-bond donors (Lipinski definition) is 1. The number of carboxylic acids is 1. The molecule has 1 N–H and O–H groups in total. The van der Waals surface area contributed by atoms with Crippen LogP contribution in [0.2, 0.25) is 0 Å². The lowest BCUT2D eigenvalue weighted by molar-refractivity contribution is -0.133. The summed E-state index contributed by atoms with van der Waals surface area (Å²) >= 11 is 1.23. The van der Waals surface area contributed by atoms with E-state index in [1.54, 1.807) is 6.33 Å². The van der Waals surface area contributed by atoms with E-state index in [0.29, 0.717) is 5.16 Å². The molecular weight excluding hydrogens is 274 g/mol. The van der Waals surface area contributed by atoms with Crippen molar-refractivity contribution in [1.82, 2.24) is 14.8 Å². The molecule has 0 aliphatic rings. The molecule has 0 unspecified atom stereocenters. The summed E-state index contributed by atoms with van der Waals surface area (Å²) < 4.78 is 1.95. The number of carbonyl (C=O) groups is 1. The molecule has 0 spiro atoms. The van der Waals surface area contributed by atoms with Crippen LogP contribution in [0, 0.1) is 0 Å².